The van der Waals surface area contributed by atoms with Crippen LogP contribution in [0.1, 0.15) is 20.8 Å². The third-order valence-corrected chi connectivity index (χ3v) is 1.06. The molecule has 3 nitrogen and oxygen atoms in total. The minimum atomic E-state index is 0.0972. The van der Waals surface area contributed by atoms with Gasteiger partial charge in [-0.3, -0.25) is 10.2 Å². The Labute approximate surface area is 55.2 Å². The maximum atomic E-state index is 10.2. The number of nitrogens with one attached hydrogen (secondary N) is 1. The lowest BCUT2D eigenvalue weighted by molar-refractivity contribution is -0.115. The molecule has 0 saturated carbocycles. The second kappa shape index (κ2) is 3.22. The molecule has 0 saturated heterocycles. The zero-order chi connectivity index (χ0) is 7.44. The van der Waals surface area contributed by atoms with Gasteiger partial charge in [-0.15, -0.1) is 0 Å². The number of carbonyl (C=O) groups excluding carboxylic acids is 1. The molecule has 0 unspecified atom stereocenters. The van der Waals surface area contributed by atoms with E-state index in [0.717, 1.165) is 0 Å². The van der Waals surface area contributed by atoms with Gasteiger partial charge in [0.25, 0.3) is 0 Å². The summed E-state index contributed by atoms with van der Waals surface area (Å²) in [6.45, 7) is 5.33. The van der Waals surface area contributed by atoms with E-state index in [1.807, 2.05) is 13.8 Å². The Balaban J connectivity index is 3.98. The molecule has 0 fully saturated rings. The molecule has 0 bridgehead atoms. The van der Waals surface area contributed by atoms with E-state index in [2.05, 4.69) is 0 Å². The maximum Gasteiger partial charge on any atom is 0.215 e. The summed E-state index contributed by atoms with van der Waals surface area (Å²) in [7, 11) is 0. The summed E-state index contributed by atoms with van der Waals surface area (Å²) in [5.41, 5.74) is 0. The highest BCUT2D eigenvalue weighted by Gasteiger charge is 2.06. The molecule has 0 aromatic heterocycles. The average molecular weight is 128 g/mol. The van der Waals surface area contributed by atoms with Crippen LogP contribution in [0.2, 0.25) is 0 Å². The summed E-state index contributed by atoms with van der Waals surface area (Å²) in [6.07, 6.45) is 0.674. The molecular weight excluding hydrogens is 116 g/mol. The molecule has 0 aliphatic carbocycles. The van der Waals surface area contributed by atoms with Crippen molar-refractivity contribution in [3.05, 3.63) is 0 Å². The van der Waals surface area contributed by atoms with Gasteiger partial charge in [-0.2, -0.15) is 0 Å². The Bertz CT molecular complexity index is 120. The molecule has 1 N–H and O–H groups in total. The molecule has 0 rings (SSSR count). The van der Waals surface area contributed by atoms with E-state index in [1.54, 1.807) is 6.92 Å². The first-order valence-corrected chi connectivity index (χ1v) is 2.88. The minimum absolute atomic E-state index is 0.0972. The van der Waals surface area contributed by atoms with Crippen LogP contribution in [0.4, 0.5) is 0 Å². The number of amides is 1. The molecular formula is C6H12N2O. The van der Waals surface area contributed by atoms with E-state index in [-0.39, 0.29) is 6.04 Å². The summed E-state index contributed by atoms with van der Waals surface area (Å²) in [6, 6.07) is 0.0972. The molecule has 0 aromatic rings. The molecule has 0 heterocycles. The van der Waals surface area contributed by atoms with Crippen molar-refractivity contribution in [3.8, 4) is 0 Å². The third kappa shape index (κ3) is 2.26. The Hall–Kier alpha value is -0.860. The smallest absolute Gasteiger partial charge is 0.215 e. The highest BCUT2D eigenvalue weighted by Crippen LogP contribution is 1.93. The summed E-state index contributed by atoms with van der Waals surface area (Å²) in [5.74, 6) is 0.292. The van der Waals surface area contributed by atoms with Crippen LogP contribution in [0.25, 0.3) is 0 Å². The second-order valence-corrected chi connectivity index (χ2v) is 2.19. The van der Waals surface area contributed by atoms with Gasteiger partial charge >= 0.3 is 0 Å². The Morgan fingerprint density at radius 3 is 2.11 bits per heavy atom. The van der Waals surface area contributed by atoms with E-state index in [0.29, 0.717) is 12.2 Å². The van der Waals surface area contributed by atoms with Gasteiger partial charge < -0.3 is 4.90 Å². The van der Waals surface area contributed by atoms with Crippen LogP contribution in [-0.2, 0) is 4.79 Å². The zero-order valence-electron chi connectivity index (χ0n) is 6.01. The highest BCUT2D eigenvalue weighted by molar-refractivity contribution is 5.86. The van der Waals surface area contributed by atoms with Crippen molar-refractivity contribution in [2.24, 2.45) is 0 Å². The molecule has 0 radical (unpaired) electrons. The van der Waals surface area contributed by atoms with Gasteiger partial charge in [0.15, 0.2) is 0 Å². The Morgan fingerprint density at radius 1 is 1.67 bits per heavy atom. The van der Waals surface area contributed by atoms with Crippen LogP contribution in [0.3, 0.4) is 0 Å². The summed E-state index contributed by atoms with van der Waals surface area (Å²) in [4.78, 5) is 11.5. The largest absolute Gasteiger partial charge is 0.301 e. The first-order valence-electron chi connectivity index (χ1n) is 2.88. The molecule has 1 amide bonds. The van der Waals surface area contributed by atoms with Gasteiger partial charge in [0.2, 0.25) is 6.41 Å². The monoisotopic (exact) mass is 128 g/mol. The maximum absolute atomic E-state index is 10.2. The number of carbonyl (C=O) groups is 1. The molecule has 0 atom stereocenters. The van der Waals surface area contributed by atoms with E-state index in [4.69, 9.17) is 5.41 Å². The summed E-state index contributed by atoms with van der Waals surface area (Å²) in [5, 5.41) is 7.08. The number of nitrogens with zero attached hydrogens (tertiary/aromatic N) is 1. The van der Waals surface area contributed by atoms with E-state index < -0.39 is 0 Å². The normalized spacial score (nSPS) is 9.33. The molecule has 0 aromatic carbocycles. The third-order valence-electron chi connectivity index (χ3n) is 1.06. The van der Waals surface area contributed by atoms with Crippen molar-refractivity contribution >= 4 is 12.2 Å². The van der Waals surface area contributed by atoms with Crippen molar-refractivity contribution in [3.63, 3.8) is 0 Å². The van der Waals surface area contributed by atoms with Crippen molar-refractivity contribution < 1.29 is 4.79 Å². The van der Waals surface area contributed by atoms with Crippen LogP contribution in [0, 0.1) is 5.41 Å². The fourth-order valence-corrected chi connectivity index (χ4v) is 0.588. The first-order chi connectivity index (χ1) is 4.09. The fraction of sp³-hybridized carbons (Fsp3) is 0.667. The number of hydrogen-bond donors (Lipinski definition) is 1. The Morgan fingerprint density at radius 2 is 2.11 bits per heavy atom. The number of amidine groups is 1. The van der Waals surface area contributed by atoms with Crippen molar-refractivity contribution in [1.82, 2.24) is 4.90 Å². The van der Waals surface area contributed by atoms with Crippen LogP contribution >= 0.6 is 0 Å². The lowest BCUT2D eigenvalue weighted by atomic mass is 10.3. The summed E-state index contributed by atoms with van der Waals surface area (Å²) >= 11 is 0. The van der Waals surface area contributed by atoms with Crippen LogP contribution in [0.5, 0.6) is 0 Å². The lowest BCUT2D eigenvalue weighted by Crippen LogP contribution is -2.33. The standard InChI is InChI=1S/C6H12N2O/c1-5(2)8(4-9)6(3)7/h4-5,7H,1-3H3. The van der Waals surface area contributed by atoms with Crippen LogP contribution in [-0.4, -0.2) is 23.2 Å². The number of rotatable bonds is 2. The van der Waals surface area contributed by atoms with Crippen molar-refractivity contribution in [2.45, 2.75) is 26.8 Å². The minimum Gasteiger partial charge on any atom is -0.301 e. The molecule has 0 aliphatic heterocycles. The van der Waals surface area contributed by atoms with E-state index in [9.17, 15) is 4.79 Å². The van der Waals surface area contributed by atoms with Gasteiger partial charge in [-0.05, 0) is 20.8 Å². The van der Waals surface area contributed by atoms with Gasteiger partial charge in [-0.25, -0.2) is 0 Å². The molecule has 0 aliphatic rings. The quantitative estimate of drug-likeness (QED) is 0.334. The number of hydrogen-bond acceptors (Lipinski definition) is 2. The second-order valence-electron chi connectivity index (χ2n) is 2.19. The van der Waals surface area contributed by atoms with Crippen LogP contribution < -0.4 is 0 Å². The van der Waals surface area contributed by atoms with Gasteiger partial charge in [0, 0.05) is 6.04 Å². The molecule has 3 heteroatoms. The SMILES string of the molecule is CC(=N)N(C=O)C(C)C. The fourth-order valence-electron chi connectivity index (χ4n) is 0.588. The van der Waals surface area contributed by atoms with Gasteiger partial charge in [-0.1, -0.05) is 0 Å². The topological polar surface area (TPSA) is 44.2 Å². The predicted octanol–water partition coefficient (Wildman–Crippen LogP) is 0.850. The van der Waals surface area contributed by atoms with Gasteiger partial charge in [0.1, 0.15) is 0 Å². The lowest BCUT2D eigenvalue weighted by Gasteiger charge is -2.19. The molecule has 9 heavy (non-hydrogen) atoms. The average Bonchev–Trinajstić information content (AvgIpc) is 1.64. The Kier molecular flexibility index (Phi) is 2.91. The van der Waals surface area contributed by atoms with E-state index in [1.165, 1.54) is 4.90 Å². The van der Waals surface area contributed by atoms with Crippen molar-refractivity contribution in [2.75, 3.05) is 0 Å². The van der Waals surface area contributed by atoms with E-state index >= 15 is 0 Å². The zero-order valence-corrected chi connectivity index (χ0v) is 6.01. The van der Waals surface area contributed by atoms with Crippen molar-refractivity contribution in [1.29, 1.82) is 5.41 Å². The van der Waals surface area contributed by atoms with Gasteiger partial charge in [0.05, 0.1) is 5.84 Å². The molecule has 0 spiro atoms. The van der Waals surface area contributed by atoms with Crippen LogP contribution in [0.15, 0.2) is 0 Å². The molecule has 52 valence electrons. The summed E-state index contributed by atoms with van der Waals surface area (Å²) < 4.78 is 0. The predicted molar refractivity (Wildman–Crippen MR) is 36.4 cm³/mol. The highest BCUT2D eigenvalue weighted by atomic mass is 16.1. The first kappa shape index (κ1) is 8.14.